The second-order valence-corrected chi connectivity index (χ2v) is 4.29. The Kier molecular flexibility index (Phi) is 3.62. The lowest BCUT2D eigenvalue weighted by atomic mass is 10.1. The molecule has 0 bridgehead atoms. The molecule has 1 aromatic heterocycles. The molecule has 2 aromatic rings. The number of benzene rings is 1. The fourth-order valence-electron chi connectivity index (χ4n) is 1.68. The van der Waals surface area contributed by atoms with Gasteiger partial charge in [-0.3, -0.25) is 10.1 Å². The van der Waals surface area contributed by atoms with Crippen LogP contribution in [0, 0.1) is 24.0 Å². The molecule has 0 saturated carbocycles. The molecule has 0 amide bonds. The zero-order chi connectivity index (χ0) is 14.0. The van der Waals surface area contributed by atoms with E-state index < -0.39 is 4.92 Å². The Bertz CT molecular complexity index is 646. The number of hydrogen-bond donors (Lipinski definition) is 0. The molecule has 0 aliphatic carbocycles. The number of nitrogens with zero attached hydrogens (tertiary/aromatic N) is 3. The van der Waals surface area contributed by atoms with Crippen molar-refractivity contribution in [2.24, 2.45) is 0 Å². The first-order chi connectivity index (χ1) is 8.97. The van der Waals surface area contributed by atoms with Gasteiger partial charge in [-0.1, -0.05) is 6.07 Å². The van der Waals surface area contributed by atoms with E-state index in [1.54, 1.807) is 19.9 Å². The minimum absolute atomic E-state index is 0.0184. The van der Waals surface area contributed by atoms with Gasteiger partial charge in [0.1, 0.15) is 0 Å². The minimum atomic E-state index is -0.488. The highest BCUT2D eigenvalue weighted by Gasteiger charge is 2.19. The largest absolute Gasteiger partial charge is 0.431 e. The fourth-order valence-corrected chi connectivity index (χ4v) is 1.82. The first-order valence-corrected chi connectivity index (χ1v) is 5.77. The molecule has 19 heavy (non-hydrogen) atoms. The lowest BCUT2D eigenvalue weighted by Gasteiger charge is -2.09. The van der Waals surface area contributed by atoms with Gasteiger partial charge in [-0.2, -0.15) is 4.98 Å². The van der Waals surface area contributed by atoms with Gasteiger partial charge in [0.05, 0.1) is 4.92 Å². The van der Waals surface area contributed by atoms with Crippen LogP contribution in [0.3, 0.4) is 0 Å². The van der Waals surface area contributed by atoms with Crippen molar-refractivity contribution in [3.05, 3.63) is 50.9 Å². The summed E-state index contributed by atoms with van der Waals surface area (Å²) in [4.78, 5) is 18.1. The summed E-state index contributed by atoms with van der Waals surface area (Å²) in [5.41, 5.74) is 1.34. The van der Waals surface area contributed by atoms with Crippen LogP contribution in [0.15, 0.2) is 24.4 Å². The second-order valence-electron chi connectivity index (χ2n) is 3.95. The maximum absolute atomic E-state index is 11.1. The third-order valence-electron chi connectivity index (χ3n) is 2.40. The van der Waals surface area contributed by atoms with E-state index in [1.807, 2.05) is 0 Å². The number of halogens is 1. The molecule has 1 aromatic carbocycles. The number of ether oxygens (including phenoxy) is 1. The number of hydrogen-bond acceptors (Lipinski definition) is 5. The standard InChI is InChI=1S/C12H10ClN3O3/c1-7-5-8(2)11(9(6-7)16(17)18)19-10-3-4-14-12(13)15-10/h3-6H,1-2H3. The Labute approximate surface area is 114 Å². The predicted molar refractivity (Wildman–Crippen MR) is 69.7 cm³/mol. The van der Waals surface area contributed by atoms with Crippen LogP contribution in [-0.4, -0.2) is 14.9 Å². The molecule has 0 spiro atoms. The van der Waals surface area contributed by atoms with E-state index in [9.17, 15) is 10.1 Å². The minimum Gasteiger partial charge on any atom is -0.431 e. The molecule has 6 nitrogen and oxygen atoms in total. The van der Waals surface area contributed by atoms with Crippen LogP contribution in [0.4, 0.5) is 5.69 Å². The van der Waals surface area contributed by atoms with Crippen LogP contribution in [0.2, 0.25) is 5.28 Å². The van der Waals surface area contributed by atoms with E-state index in [0.717, 1.165) is 5.56 Å². The van der Waals surface area contributed by atoms with Crippen LogP contribution in [-0.2, 0) is 0 Å². The molecule has 0 aliphatic heterocycles. The van der Waals surface area contributed by atoms with Crippen molar-refractivity contribution in [2.45, 2.75) is 13.8 Å². The molecular weight excluding hydrogens is 270 g/mol. The molecule has 2 rings (SSSR count). The Morgan fingerprint density at radius 3 is 2.74 bits per heavy atom. The summed E-state index contributed by atoms with van der Waals surface area (Å²) in [6.07, 6.45) is 1.42. The van der Waals surface area contributed by atoms with Gasteiger partial charge < -0.3 is 4.74 Å². The lowest BCUT2D eigenvalue weighted by Crippen LogP contribution is -1.98. The fraction of sp³-hybridized carbons (Fsp3) is 0.167. The van der Waals surface area contributed by atoms with Gasteiger partial charge in [0, 0.05) is 18.3 Å². The van der Waals surface area contributed by atoms with Gasteiger partial charge in [0.15, 0.2) is 0 Å². The first-order valence-electron chi connectivity index (χ1n) is 5.39. The van der Waals surface area contributed by atoms with Crippen molar-refractivity contribution in [1.82, 2.24) is 9.97 Å². The average molecular weight is 280 g/mol. The number of rotatable bonds is 3. The van der Waals surface area contributed by atoms with E-state index in [1.165, 1.54) is 18.3 Å². The summed E-state index contributed by atoms with van der Waals surface area (Å²) in [7, 11) is 0. The summed E-state index contributed by atoms with van der Waals surface area (Å²) in [6, 6.07) is 4.73. The van der Waals surface area contributed by atoms with Gasteiger partial charge in [-0.15, -0.1) is 0 Å². The zero-order valence-corrected chi connectivity index (χ0v) is 11.0. The van der Waals surface area contributed by atoms with Gasteiger partial charge in [-0.05, 0) is 36.6 Å². The maximum Gasteiger partial charge on any atom is 0.312 e. The first kappa shape index (κ1) is 13.2. The van der Waals surface area contributed by atoms with Crippen molar-refractivity contribution in [2.75, 3.05) is 0 Å². The Morgan fingerprint density at radius 1 is 1.37 bits per heavy atom. The SMILES string of the molecule is Cc1cc(C)c(Oc2ccnc(Cl)n2)c([N+](=O)[O-])c1. The van der Waals surface area contributed by atoms with Crippen molar-refractivity contribution >= 4 is 17.3 Å². The van der Waals surface area contributed by atoms with Crippen LogP contribution >= 0.6 is 11.6 Å². The molecule has 1 heterocycles. The summed E-state index contributed by atoms with van der Waals surface area (Å²) in [6.45, 7) is 3.52. The molecular formula is C12H10ClN3O3. The predicted octanol–water partition coefficient (Wildman–Crippen LogP) is 3.45. The van der Waals surface area contributed by atoms with E-state index >= 15 is 0 Å². The molecule has 0 aliphatic rings. The third-order valence-corrected chi connectivity index (χ3v) is 2.59. The van der Waals surface area contributed by atoms with E-state index in [-0.39, 0.29) is 22.6 Å². The summed E-state index contributed by atoms with van der Waals surface area (Å²) < 4.78 is 5.46. The molecule has 98 valence electrons. The van der Waals surface area contributed by atoms with Crippen molar-refractivity contribution in [1.29, 1.82) is 0 Å². The van der Waals surface area contributed by atoms with E-state index in [4.69, 9.17) is 16.3 Å². The molecule has 0 atom stereocenters. The van der Waals surface area contributed by atoms with Gasteiger partial charge in [0.25, 0.3) is 0 Å². The quantitative estimate of drug-likeness (QED) is 0.488. The maximum atomic E-state index is 11.1. The topological polar surface area (TPSA) is 78.2 Å². The number of aromatic nitrogens is 2. The highest BCUT2D eigenvalue weighted by atomic mass is 35.5. The van der Waals surface area contributed by atoms with Crippen molar-refractivity contribution in [3.63, 3.8) is 0 Å². The second kappa shape index (κ2) is 5.19. The van der Waals surface area contributed by atoms with Gasteiger partial charge >= 0.3 is 5.69 Å². The average Bonchev–Trinajstić information content (AvgIpc) is 2.32. The number of aryl methyl sites for hydroxylation is 2. The molecule has 0 N–H and O–H groups in total. The number of nitro groups is 1. The van der Waals surface area contributed by atoms with Crippen LogP contribution < -0.4 is 4.74 Å². The van der Waals surface area contributed by atoms with Crippen molar-refractivity contribution < 1.29 is 9.66 Å². The molecule has 7 heteroatoms. The Morgan fingerprint density at radius 2 is 2.11 bits per heavy atom. The Hall–Kier alpha value is -2.21. The van der Waals surface area contributed by atoms with Crippen LogP contribution in [0.5, 0.6) is 11.6 Å². The molecule has 0 radical (unpaired) electrons. The summed E-state index contributed by atoms with van der Waals surface area (Å²) in [5.74, 6) is 0.320. The molecule has 0 fully saturated rings. The highest BCUT2D eigenvalue weighted by Crippen LogP contribution is 2.35. The van der Waals surface area contributed by atoms with Crippen LogP contribution in [0.1, 0.15) is 11.1 Å². The van der Waals surface area contributed by atoms with Crippen molar-refractivity contribution in [3.8, 4) is 11.6 Å². The van der Waals surface area contributed by atoms with Gasteiger partial charge in [-0.25, -0.2) is 4.98 Å². The molecule has 0 unspecified atom stereocenters. The summed E-state index contributed by atoms with van der Waals surface area (Å²) in [5, 5.41) is 11.1. The van der Waals surface area contributed by atoms with Crippen LogP contribution in [0.25, 0.3) is 0 Å². The Balaban J connectivity index is 2.47. The van der Waals surface area contributed by atoms with Gasteiger partial charge in [0.2, 0.25) is 16.9 Å². The van der Waals surface area contributed by atoms with E-state index in [2.05, 4.69) is 9.97 Å². The monoisotopic (exact) mass is 279 g/mol. The highest BCUT2D eigenvalue weighted by molar-refractivity contribution is 6.28. The molecule has 0 saturated heterocycles. The lowest BCUT2D eigenvalue weighted by molar-refractivity contribution is -0.385. The summed E-state index contributed by atoms with van der Waals surface area (Å²) >= 11 is 5.64. The smallest absolute Gasteiger partial charge is 0.312 e. The third kappa shape index (κ3) is 2.97. The zero-order valence-electron chi connectivity index (χ0n) is 10.3. The normalized spacial score (nSPS) is 10.3. The van der Waals surface area contributed by atoms with E-state index in [0.29, 0.717) is 5.56 Å². The number of nitro benzene ring substituents is 1.